The zero-order valence-corrected chi connectivity index (χ0v) is 7.50. The Morgan fingerprint density at radius 1 is 1.50 bits per heavy atom. The molecule has 2 heteroatoms. The number of nitrogens with zero attached hydrogens (tertiary/aromatic N) is 1. The van der Waals surface area contributed by atoms with Gasteiger partial charge in [-0.15, -0.1) is 0 Å². The molecule has 1 heterocycles. The maximum atomic E-state index is 11.3. The van der Waals surface area contributed by atoms with Gasteiger partial charge in [-0.05, 0) is 25.5 Å². The van der Waals surface area contributed by atoms with Gasteiger partial charge in [-0.1, -0.05) is 13.0 Å². The molecule has 0 unspecified atom stereocenters. The van der Waals surface area contributed by atoms with Crippen molar-refractivity contribution in [1.82, 2.24) is 4.98 Å². The summed E-state index contributed by atoms with van der Waals surface area (Å²) in [4.78, 5) is 15.5. The van der Waals surface area contributed by atoms with Gasteiger partial charge < -0.3 is 0 Å². The van der Waals surface area contributed by atoms with Crippen molar-refractivity contribution in [3.8, 4) is 0 Å². The van der Waals surface area contributed by atoms with Crippen molar-refractivity contribution in [2.24, 2.45) is 0 Å². The molecule has 64 valence electrons. The molecule has 1 aromatic heterocycles. The third kappa shape index (κ3) is 2.16. The van der Waals surface area contributed by atoms with Gasteiger partial charge in [0.1, 0.15) is 5.69 Å². The van der Waals surface area contributed by atoms with Crippen LogP contribution in [0, 0.1) is 6.92 Å². The summed E-state index contributed by atoms with van der Waals surface area (Å²) >= 11 is 0. The molecule has 0 amide bonds. The smallest absolute Gasteiger partial charge is 0.181 e. The Morgan fingerprint density at radius 3 is 2.83 bits per heavy atom. The first-order valence-corrected chi connectivity index (χ1v) is 4.21. The number of pyridine rings is 1. The molecule has 0 atom stereocenters. The monoisotopic (exact) mass is 163 g/mol. The van der Waals surface area contributed by atoms with Gasteiger partial charge in [-0.25, -0.2) is 0 Å². The lowest BCUT2D eigenvalue weighted by Crippen LogP contribution is -2.01. The predicted molar refractivity (Wildman–Crippen MR) is 48.2 cm³/mol. The third-order valence-electron chi connectivity index (χ3n) is 1.65. The van der Waals surface area contributed by atoms with Crippen molar-refractivity contribution in [2.75, 3.05) is 0 Å². The van der Waals surface area contributed by atoms with Crippen LogP contribution >= 0.6 is 0 Å². The van der Waals surface area contributed by atoms with Crippen LogP contribution < -0.4 is 0 Å². The summed E-state index contributed by atoms with van der Waals surface area (Å²) in [6, 6.07) is 5.53. The standard InChI is InChI=1S/C10H13NO/c1-3-5-10(12)9-7-4-6-8(2)11-9/h4,6-7H,3,5H2,1-2H3. The Bertz CT molecular complexity index is 281. The van der Waals surface area contributed by atoms with Crippen molar-refractivity contribution < 1.29 is 4.79 Å². The van der Waals surface area contributed by atoms with Crippen LogP contribution in [0.2, 0.25) is 0 Å². The summed E-state index contributed by atoms with van der Waals surface area (Å²) in [5.74, 6) is 0.140. The van der Waals surface area contributed by atoms with Crippen LogP contribution in [-0.2, 0) is 0 Å². The van der Waals surface area contributed by atoms with E-state index in [4.69, 9.17) is 0 Å². The molecule has 0 aliphatic carbocycles. The lowest BCUT2D eigenvalue weighted by Gasteiger charge is -1.98. The van der Waals surface area contributed by atoms with Crippen molar-refractivity contribution in [3.63, 3.8) is 0 Å². The van der Waals surface area contributed by atoms with Crippen LogP contribution in [0.25, 0.3) is 0 Å². The predicted octanol–water partition coefficient (Wildman–Crippen LogP) is 2.37. The average Bonchev–Trinajstić information content (AvgIpc) is 2.05. The van der Waals surface area contributed by atoms with Gasteiger partial charge in [0.05, 0.1) is 0 Å². The first-order chi connectivity index (χ1) is 5.74. The number of aryl methyl sites for hydroxylation is 1. The highest BCUT2D eigenvalue weighted by Crippen LogP contribution is 2.03. The van der Waals surface area contributed by atoms with Crippen molar-refractivity contribution >= 4 is 5.78 Å². The second-order valence-electron chi connectivity index (χ2n) is 2.84. The topological polar surface area (TPSA) is 30.0 Å². The van der Waals surface area contributed by atoms with E-state index in [1.54, 1.807) is 6.07 Å². The maximum absolute atomic E-state index is 11.3. The van der Waals surface area contributed by atoms with E-state index in [0.29, 0.717) is 12.1 Å². The zero-order valence-electron chi connectivity index (χ0n) is 7.50. The quantitative estimate of drug-likeness (QED) is 0.640. The lowest BCUT2D eigenvalue weighted by molar-refractivity contribution is 0.0977. The van der Waals surface area contributed by atoms with Gasteiger partial charge in [0, 0.05) is 12.1 Å². The van der Waals surface area contributed by atoms with Crippen LogP contribution in [0.5, 0.6) is 0 Å². The van der Waals surface area contributed by atoms with Gasteiger partial charge in [-0.3, -0.25) is 9.78 Å². The molecular weight excluding hydrogens is 150 g/mol. The second-order valence-corrected chi connectivity index (χ2v) is 2.84. The van der Waals surface area contributed by atoms with E-state index >= 15 is 0 Å². The molecule has 0 aliphatic heterocycles. The minimum absolute atomic E-state index is 0.140. The Balaban J connectivity index is 2.81. The SMILES string of the molecule is CCCC(=O)c1cccc(C)n1. The van der Waals surface area contributed by atoms with Crippen molar-refractivity contribution in [2.45, 2.75) is 26.7 Å². The Morgan fingerprint density at radius 2 is 2.25 bits per heavy atom. The Hall–Kier alpha value is -1.18. The number of Topliss-reactive ketones (excluding diaryl/α,β-unsaturated/α-hetero) is 1. The van der Waals surface area contributed by atoms with Crippen molar-refractivity contribution in [1.29, 1.82) is 0 Å². The van der Waals surface area contributed by atoms with E-state index in [2.05, 4.69) is 4.98 Å². The summed E-state index contributed by atoms with van der Waals surface area (Å²) in [6.07, 6.45) is 1.48. The average molecular weight is 163 g/mol. The molecule has 0 bridgehead atoms. The fraction of sp³-hybridized carbons (Fsp3) is 0.400. The summed E-state index contributed by atoms with van der Waals surface area (Å²) in [5, 5.41) is 0. The number of hydrogen-bond donors (Lipinski definition) is 0. The number of carbonyl (C=O) groups is 1. The minimum atomic E-state index is 0.140. The van der Waals surface area contributed by atoms with Crippen LogP contribution in [0.3, 0.4) is 0 Å². The molecular formula is C10H13NO. The summed E-state index contributed by atoms with van der Waals surface area (Å²) in [6.45, 7) is 3.89. The normalized spacial score (nSPS) is 9.83. The summed E-state index contributed by atoms with van der Waals surface area (Å²) < 4.78 is 0. The van der Waals surface area contributed by atoms with E-state index in [1.807, 2.05) is 26.0 Å². The number of rotatable bonds is 3. The van der Waals surface area contributed by atoms with Crippen LogP contribution in [0.4, 0.5) is 0 Å². The highest BCUT2D eigenvalue weighted by atomic mass is 16.1. The zero-order chi connectivity index (χ0) is 8.97. The number of carbonyl (C=O) groups excluding carboxylic acids is 1. The highest BCUT2D eigenvalue weighted by Gasteiger charge is 2.04. The highest BCUT2D eigenvalue weighted by molar-refractivity contribution is 5.94. The van der Waals surface area contributed by atoms with Crippen LogP contribution in [0.1, 0.15) is 35.9 Å². The first kappa shape index (κ1) is 8.91. The van der Waals surface area contributed by atoms with E-state index in [1.165, 1.54) is 0 Å². The maximum Gasteiger partial charge on any atom is 0.181 e. The molecule has 0 aliphatic rings. The Labute approximate surface area is 72.6 Å². The Kier molecular flexibility index (Phi) is 2.97. The molecule has 1 rings (SSSR count). The molecule has 0 saturated heterocycles. The summed E-state index contributed by atoms with van der Waals surface area (Å²) in [7, 11) is 0. The van der Waals surface area contributed by atoms with E-state index in [0.717, 1.165) is 12.1 Å². The number of hydrogen-bond acceptors (Lipinski definition) is 2. The van der Waals surface area contributed by atoms with Gasteiger partial charge in [0.15, 0.2) is 5.78 Å². The second kappa shape index (κ2) is 4.00. The number of ketones is 1. The van der Waals surface area contributed by atoms with Gasteiger partial charge >= 0.3 is 0 Å². The minimum Gasteiger partial charge on any atom is -0.292 e. The molecule has 12 heavy (non-hydrogen) atoms. The fourth-order valence-electron chi connectivity index (χ4n) is 1.05. The molecule has 0 aromatic carbocycles. The van der Waals surface area contributed by atoms with Crippen LogP contribution in [0.15, 0.2) is 18.2 Å². The molecule has 0 saturated carbocycles. The van der Waals surface area contributed by atoms with E-state index < -0.39 is 0 Å². The van der Waals surface area contributed by atoms with Gasteiger partial charge in [0.25, 0.3) is 0 Å². The molecule has 0 N–H and O–H groups in total. The molecule has 1 aromatic rings. The molecule has 0 spiro atoms. The number of aromatic nitrogens is 1. The molecule has 0 fully saturated rings. The summed E-state index contributed by atoms with van der Waals surface area (Å²) in [5.41, 5.74) is 1.49. The molecule has 0 radical (unpaired) electrons. The van der Waals surface area contributed by atoms with Gasteiger partial charge in [-0.2, -0.15) is 0 Å². The van der Waals surface area contributed by atoms with E-state index in [-0.39, 0.29) is 5.78 Å². The third-order valence-corrected chi connectivity index (χ3v) is 1.65. The van der Waals surface area contributed by atoms with Crippen LogP contribution in [-0.4, -0.2) is 10.8 Å². The largest absolute Gasteiger partial charge is 0.292 e. The first-order valence-electron chi connectivity index (χ1n) is 4.21. The van der Waals surface area contributed by atoms with Gasteiger partial charge in [0.2, 0.25) is 0 Å². The fourth-order valence-corrected chi connectivity index (χ4v) is 1.05. The van der Waals surface area contributed by atoms with E-state index in [9.17, 15) is 4.79 Å². The van der Waals surface area contributed by atoms with Crippen molar-refractivity contribution in [3.05, 3.63) is 29.6 Å². The molecule has 2 nitrogen and oxygen atoms in total. The lowest BCUT2D eigenvalue weighted by atomic mass is 10.1.